The third-order valence-corrected chi connectivity index (χ3v) is 5.79. The molecule has 27 heavy (non-hydrogen) atoms. The van der Waals surface area contributed by atoms with Gasteiger partial charge in [-0.05, 0) is 56.2 Å². The van der Waals surface area contributed by atoms with Gasteiger partial charge in [0.2, 0.25) is 5.91 Å². The molecule has 1 saturated carbocycles. The van der Waals surface area contributed by atoms with Crippen molar-refractivity contribution in [3.8, 4) is 0 Å². The summed E-state index contributed by atoms with van der Waals surface area (Å²) in [6.45, 7) is 0.663. The molecule has 1 heterocycles. The second kappa shape index (κ2) is 8.80. The Kier molecular flexibility index (Phi) is 6.44. The summed E-state index contributed by atoms with van der Waals surface area (Å²) in [6, 6.07) is 7.02. The molecule has 0 radical (unpaired) electrons. The fraction of sp³-hybridized carbons (Fsp3) is 0.600. The molecular weight excluding hydrogens is 349 g/mol. The van der Waals surface area contributed by atoms with Crippen molar-refractivity contribution in [2.24, 2.45) is 11.8 Å². The predicted molar refractivity (Wildman–Crippen MR) is 99.2 cm³/mol. The number of carbonyl (C=O) groups excluding carboxylic acids is 1. The Balaban J connectivity index is 1.38. The van der Waals surface area contributed by atoms with Gasteiger partial charge in [-0.1, -0.05) is 12.1 Å². The van der Waals surface area contributed by atoms with Crippen LogP contribution in [0, 0.1) is 17.7 Å². The molecule has 1 saturated heterocycles. The molecule has 2 unspecified atom stereocenters. The van der Waals surface area contributed by atoms with Crippen LogP contribution in [-0.4, -0.2) is 41.5 Å². The number of hydrogen-bond acceptors (Lipinski definition) is 4. The molecule has 1 aliphatic carbocycles. The zero-order chi connectivity index (χ0) is 19.4. The first-order chi connectivity index (χ1) is 12.9. The number of rotatable bonds is 7. The van der Waals surface area contributed by atoms with E-state index in [0.717, 1.165) is 24.8 Å². The number of nitrogens with zero attached hydrogens (tertiary/aromatic N) is 1. The first kappa shape index (κ1) is 19.8. The number of halogens is 1. The first-order valence-corrected chi connectivity index (χ1v) is 9.68. The SMILES string of the molecule is CN(CCCC1CC(c2cccc(F)c2)NN1)C(=O)[C@@H]1CC[C@H](C(=O)O)C1. The van der Waals surface area contributed by atoms with E-state index in [4.69, 9.17) is 5.11 Å². The van der Waals surface area contributed by atoms with Crippen molar-refractivity contribution in [1.29, 1.82) is 0 Å². The van der Waals surface area contributed by atoms with Crippen LogP contribution in [0.15, 0.2) is 24.3 Å². The van der Waals surface area contributed by atoms with E-state index in [1.807, 2.05) is 6.07 Å². The Bertz CT molecular complexity index is 684. The topological polar surface area (TPSA) is 81.7 Å². The number of carboxylic acids is 1. The highest BCUT2D eigenvalue weighted by Gasteiger charge is 2.35. The van der Waals surface area contributed by atoms with Crippen LogP contribution in [0.3, 0.4) is 0 Å². The quantitative estimate of drug-likeness (QED) is 0.680. The lowest BCUT2D eigenvalue weighted by Gasteiger charge is -2.21. The Morgan fingerprint density at radius 2 is 2.00 bits per heavy atom. The van der Waals surface area contributed by atoms with Gasteiger partial charge in [-0.15, -0.1) is 0 Å². The van der Waals surface area contributed by atoms with Gasteiger partial charge in [0.15, 0.2) is 0 Å². The van der Waals surface area contributed by atoms with E-state index >= 15 is 0 Å². The zero-order valence-electron chi connectivity index (χ0n) is 15.7. The summed E-state index contributed by atoms with van der Waals surface area (Å²) in [6.07, 6.45) is 4.39. The van der Waals surface area contributed by atoms with Crippen LogP contribution in [-0.2, 0) is 9.59 Å². The van der Waals surface area contributed by atoms with E-state index < -0.39 is 5.97 Å². The van der Waals surface area contributed by atoms with Gasteiger partial charge in [-0.25, -0.2) is 4.39 Å². The normalized spacial score (nSPS) is 27.6. The molecule has 3 rings (SSSR count). The Hall–Kier alpha value is -1.99. The lowest BCUT2D eigenvalue weighted by atomic mass is 9.99. The molecule has 1 aromatic rings. The fourth-order valence-corrected chi connectivity index (χ4v) is 4.18. The van der Waals surface area contributed by atoms with Crippen LogP contribution in [0.5, 0.6) is 0 Å². The first-order valence-electron chi connectivity index (χ1n) is 9.68. The molecular formula is C20H28FN3O3. The van der Waals surface area contributed by atoms with E-state index in [2.05, 4.69) is 10.9 Å². The van der Waals surface area contributed by atoms with Crippen molar-refractivity contribution >= 4 is 11.9 Å². The Morgan fingerprint density at radius 1 is 1.22 bits per heavy atom. The molecule has 1 amide bonds. The maximum atomic E-state index is 13.4. The standard InChI is InChI=1S/C20H28FN3O3/c1-24(19(25)14-7-8-15(10-14)20(26)27)9-3-6-17-12-18(23-22-17)13-4-2-5-16(21)11-13/h2,4-5,11,14-15,17-18,22-23H,3,6-10,12H2,1H3,(H,26,27)/t14-,15+,17?,18?/m1/s1. The van der Waals surface area contributed by atoms with E-state index in [9.17, 15) is 14.0 Å². The number of benzene rings is 1. The molecule has 0 spiro atoms. The maximum Gasteiger partial charge on any atom is 0.306 e. The van der Waals surface area contributed by atoms with Gasteiger partial charge in [0.25, 0.3) is 0 Å². The van der Waals surface area contributed by atoms with Crippen molar-refractivity contribution in [3.05, 3.63) is 35.6 Å². The number of aliphatic carboxylic acids is 1. The summed E-state index contributed by atoms with van der Waals surface area (Å²) in [5.41, 5.74) is 7.41. The highest BCUT2D eigenvalue weighted by atomic mass is 19.1. The Labute approximate surface area is 159 Å². The van der Waals surface area contributed by atoms with E-state index in [-0.39, 0.29) is 35.6 Å². The summed E-state index contributed by atoms with van der Waals surface area (Å²) in [4.78, 5) is 25.3. The third kappa shape index (κ3) is 5.05. The predicted octanol–water partition coefficient (Wildman–Crippen LogP) is 2.47. The smallest absolute Gasteiger partial charge is 0.306 e. The van der Waals surface area contributed by atoms with Crippen LogP contribution >= 0.6 is 0 Å². The third-order valence-electron chi connectivity index (χ3n) is 5.79. The van der Waals surface area contributed by atoms with Gasteiger partial charge in [-0.3, -0.25) is 20.4 Å². The summed E-state index contributed by atoms with van der Waals surface area (Å²) in [5.74, 6) is -1.48. The highest BCUT2D eigenvalue weighted by molar-refractivity contribution is 5.80. The van der Waals surface area contributed by atoms with Crippen molar-refractivity contribution in [2.75, 3.05) is 13.6 Å². The molecule has 7 heteroatoms. The molecule has 0 bridgehead atoms. The van der Waals surface area contributed by atoms with Crippen LogP contribution in [0.2, 0.25) is 0 Å². The van der Waals surface area contributed by atoms with Crippen molar-refractivity contribution in [3.63, 3.8) is 0 Å². The van der Waals surface area contributed by atoms with Crippen LogP contribution in [0.4, 0.5) is 4.39 Å². The molecule has 1 aromatic carbocycles. The number of amides is 1. The van der Waals surface area contributed by atoms with Gasteiger partial charge in [0, 0.05) is 31.6 Å². The fourth-order valence-electron chi connectivity index (χ4n) is 4.18. The van der Waals surface area contributed by atoms with E-state index in [1.165, 1.54) is 6.07 Å². The van der Waals surface area contributed by atoms with Gasteiger partial charge in [0.05, 0.1) is 5.92 Å². The number of hydrazine groups is 1. The van der Waals surface area contributed by atoms with Gasteiger partial charge in [0.1, 0.15) is 5.82 Å². The van der Waals surface area contributed by atoms with Gasteiger partial charge >= 0.3 is 5.97 Å². The second-order valence-electron chi connectivity index (χ2n) is 7.78. The molecule has 0 aromatic heterocycles. The van der Waals surface area contributed by atoms with Crippen molar-refractivity contribution < 1.29 is 19.1 Å². The summed E-state index contributed by atoms with van der Waals surface area (Å²) >= 11 is 0. The zero-order valence-corrected chi connectivity index (χ0v) is 15.7. The minimum atomic E-state index is -0.791. The minimum absolute atomic E-state index is 0.0638. The largest absolute Gasteiger partial charge is 0.481 e. The van der Waals surface area contributed by atoms with E-state index in [0.29, 0.717) is 25.8 Å². The molecule has 4 atom stereocenters. The van der Waals surface area contributed by atoms with Gasteiger partial charge in [-0.2, -0.15) is 0 Å². The lowest BCUT2D eigenvalue weighted by Crippen LogP contribution is -2.34. The molecule has 6 nitrogen and oxygen atoms in total. The average Bonchev–Trinajstić information content (AvgIpc) is 3.31. The van der Waals surface area contributed by atoms with E-state index in [1.54, 1.807) is 24.1 Å². The summed E-state index contributed by atoms with van der Waals surface area (Å²) in [5, 5.41) is 9.07. The average molecular weight is 377 g/mol. The van der Waals surface area contributed by atoms with Crippen molar-refractivity contribution in [2.45, 2.75) is 50.6 Å². The molecule has 2 aliphatic rings. The summed E-state index contributed by atoms with van der Waals surface area (Å²) in [7, 11) is 1.80. The summed E-state index contributed by atoms with van der Waals surface area (Å²) < 4.78 is 13.4. The number of carbonyl (C=O) groups is 2. The molecule has 148 valence electrons. The second-order valence-corrected chi connectivity index (χ2v) is 7.78. The number of nitrogens with one attached hydrogen (secondary N) is 2. The number of hydrogen-bond donors (Lipinski definition) is 3. The van der Waals surface area contributed by atoms with Crippen LogP contribution < -0.4 is 10.9 Å². The Morgan fingerprint density at radius 3 is 2.70 bits per heavy atom. The number of carboxylic acid groups (broad SMARTS) is 1. The molecule has 2 fully saturated rings. The highest BCUT2D eigenvalue weighted by Crippen LogP contribution is 2.32. The van der Waals surface area contributed by atoms with Gasteiger partial charge < -0.3 is 10.0 Å². The van der Waals surface area contributed by atoms with Crippen molar-refractivity contribution in [1.82, 2.24) is 15.8 Å². The van der Waals surface area contributed by atoms with Crippen LogP contribution in [0.25, 0.3) is 0 Å². The monoisotopic (exact) mass is 377 g/mol. The van der Waals surface area contributed by atoms with Crippen LogP contribution in [0.1, 0.15) is 50.1 Å². The maximum absolute atomic E-state index is 13.4. The minimum Gasteiger partial charge on any atom is -0.481 e. The lowest BCUT2D eigenvalue weighted by molar-refractivity contribution is -0.141. The molecule has 3 N–H and O–H groups in total. The molecule has 1 aliphatic heterocycles.